The number of allylic oxidation sites excluding steroid dienone is 1. The first kappa shape index (κ1) is 33.7. The van der Waals surface area contributed by atoms with Crippen LogP contribution in [-0.2, 0) is 28.7 Å². The van der Waals surface area contributed by atoms with E-state index in [1.54, 1.807) is 15.9 Å². The number of rotatable bonds is 8. The molecule has 3 aromatic carbocycles. The van der Waals surface area contributed by atoms with Crippen LogP contribution in [0.25, 0.3) is 10.8 Å². The van der Waals surface area contributed by atoms with Crippen LogP contribution in [0.15, 0.2) is 97.1 Å². The smallest absolute Gasteiger partial charge is 0.313 e. The van der Waals surface area contributed by atoms with Crippen LogP contribution >= 0.6 is 0 Å². The highest BCUT2D eigenvalue weighted by atomic mass is 16.6. The van der Waals surface area contributed by atoms with Crippen molar-refractivity contribution in [2.24, 2.45) is 11.8 Å². The number of cyclic esters (lactones) is 1. The molecule has 0 aromatic heterocycles. The van der Waals surface area contributed by atoms with E-state index in [4.69, 9.17) is 9.47 Å². The Morgan fingerprint density at radius 3 is 2.46 bits per heavy atom. The van der Waals surface area contributed by atoms with E-state index >= 15 is 4.79 Å². The number of amides is 3. The van der Waals surface area contributed by atoms with E-state index in [0.717, 1.165) is 29.2 Å². The average molecular weight is 678 g/mol. The van der Waals surface area contributed by atoms with Crippen molar-refractivity contribution in [3.8, 4) is 0 Å². The Balaban J connectivity index is 1.29. The zero-order valence-electron chi connectivity index (χ0n) is 28.0. The van der Waals surface area contributed by atoms with E-state index in [1.807, 2.05) is 91.0 Å². The highest BCUT2D eigenvalue weighted by Crippen LogP contribution is 2.56. The van der Waals surface area contributed by atoms with E-state index in [1.165, 1.54) is 0 Å². The number of esters is 1. The number of ether oxygens (including phenoxy) is 2. The number of carbonyl (C=O) groups is 4. The lowest BCUT2D eigenvalue weighted by Crippen LogP contribution is -2.56. The molecule has 4 aliphatic rings. The Kier molecular flexibility index (Phi) is 9.83. The van der Waals surface area contributed by atoms with E-state index in [2.05, 4.69) is 5.32 Å². The van der Waals surface area contributed by atoms with Crippen molar-refractivity contribution in [3.63, 3.8) is 0 Å². The van der Waals surface area contributed by atoms with Gasteiger partial charge in [0, 0.05) is 31.8 Å². The molecule has 0 saturated carbocycles. The van der Waals surface area contributed by atoms with Crippen LogP contribution in [0, 0.1) is 11.8 Å². The molecule has 2 saturated heterocycles. The number of hydrogen-bond acceptors (Lipinski definition) is 7. The maximum Gasteiger partial charge on any atom is 0.313 e. The highest BCUT2D eigenvalue weighted by Gasteiger charge is 2.73. The molecule has 2 N–H and O–H groups in total. The zero-order chi connectivity index (χ0) is 34.7. The summed E-state index contributed by atoms with van der Waals surface area (Å²) in [6.45, 7) is 0.694. The minimum absolute atomic E-state index is 0.0763. The molecule has 7 rings (SSSR count). The van der Waals surface area contributed by atoms with E-state index in [-0.39, 0.29) is 43.8 Å². The normalized spacial score (nSPS) is 28.9. The number of benzene rings is 3. The Labute approximate surface area is 291 Å². The van der Waals surface area contributed by atoms with Crippen LogP contribution < -0.4 is 10.2 Å². The third kappa shape index (κ3) is 6.33. The third-order valence-electron chi connectivity index (χ3n) is 10.4. The van der Waals surface area contributed by atoms with Gasteiger partial charge >= 0.3 is 5.97 Å². The highest BCUT2D eigenvalue weighted by molar-refractivity contribution is 6.06. The van der Waals surface area contributed by atoms with Crippen LogP contribution in [-0.4, -0.2) is 77.7 Å². The molecular weight excluding hydrogens is 634 g/mol. The molecule has 10 heteroatoms. The van der Waals surface area contributed by atoms with Gasteiger partial charge in [0.05, 0.1) is 18.6 Å². The average Bonchev–Trinajstić information content (AvgIpc) is 3.78. The van der Waals surface area contributed by atoms with Crippen LogP contribution in [0.4, 0.5) is 5.69 Å². The van der Waals surface area contributed by atoms with Gasteiger partial charge in [-0.25, -0.2) is 0 Å². The predicted molar refractivity (Wildman–Crippen MR) is 188 cm³/mol. The number of anilines is 1. The second-order valence-electron chi connectivity index (χ2n) is 13.5. The first-order chi connectivity index (χ1) is 24.4. The second kappa shape index (κ2) is 14.6. The molecule has 5 bridgehead atoms. The predicted octanol–water partition coefficient (Wildman–Crippen LogP) is 4.63. The lowest BCUT2D eigenvalue weighted by atomic mass is 9.74. The van der Waals surface area contributed by atoms with E-state index in [9.17, 15) is 19.5 Å². The summed E-state index contributed by atoms with van der Waals surface area (Å²) in [7, 11) is 0. The Bertz CT molecular complexity index is 1810. The Morgan fingerprint density at radius 1 is 0.860 bits per heavy atom. The largest absolute Gasteiger partial charge is 0.455 e. The molecule has 2 fully saturated rings. The number of likely N-dealkylation sites (tertiary alicyclic amines) is 1. The van der Waals surface area contributed by atoms with Gasteiger partial charge < -0.3 is 29.7 Å². The molecule has 50 heavy (non-hydrogen) atoms. The van der Waals surface area contributed by atoms with Crippen molar-refractivity contribution in [3.05, 3.63) is 103 Å². The first-order valence-corrected chi connectivity index (χ1v) is 17.7. The van der Waals surface area contributed by atoms with Crippen molar-refractivity contribution >= 4 is 40.2 Å². The van der Waals surface area contributed by atoms with Crippen molar-refractivity contribution in [1.82, 2.24) is 10.2 Å². The molecule has 3 amide bonds. The van der Waals surface area contributed by atoms with Crippen molar-refractivity contribution in [2.45, 2.75) is 62.4 Å². The molecule has 0 aliphatic carbocycles. The van der Waals surface area contributed by atoms with Gasteiger partial charge in [0.25, 0.3) is 5.91 Å². The second-order valence-corrected chi connectivity index (χ2v) is 13.5. The van der Waals surface area contributed by atoms with Gasteiger partial charge in [-0.3, -0.25) is 19.2 Å². The Morgan fingerprint density at radius 2 is 1.64 bits per heavy atom. The van der Waals surface area contributed by atoms with Crippen molar-refractivity contribution in [1.29, 1.82) is 0 Å². The monoisotopic (exact) mass is 677 g/mol. The van der Waals surface area contributed by atoms with Crippen molar-refractivity contribution < 1.29 is 33.8 Å². The fourth-order valence-corrected chi connectivity index (χ4v) is 7.94. The van der Waals surface area contributed by atoms with Crippen LogP contribution in [0.5, 0.6) is 0 Å². The molecule has 0 radical (unpaired) electrons. The SMILES string of the molecule is O=C1CC/C=C\CN(c2ccc3ccccc3c2)C(=O)[C@H]2N(CCCCCCO)C(=O)[C@@H]3[C@@H](C(=O)O[C@@H](c4ccccc4)CN1)[C@H]1C=C[C@]32O1. The summed E-state index contributed by atoms with van der Waals surface area (Å²) in [6.07, 6.45) is 9.40. The van der Waals surface area contributed by atoms with Crippen molar-refractivity contribution in [2.75, 3.05) is 31.1 Å². The number of aliphatic hydroxyl groups is 1. The van der Waals surface area contributed by atoms with Crippen LogP contribution in [0.2, 0.25) is 0 Å². The number of nitrogens with one attached hydrogen (secondary N) is 1. The van der Waals surface area contributed by atoms with Gasteiger partial charge in [-0.05, 0) is 47.7 Å². The summed E-state index contributed by atoms with van der Waals surface area (Å²) in [5, 5.41) is 14.2. The van der Waals surface area contributed by atoms with Gasteiger partial charge in [0.2, 0.25) is 11.8 Å². The first-order valence-electron chi connectivity index (χ1n) is 17.7. The number of aliphatic hydroxyl groups excluding tert-OH is 1. The number of fused-ring (bicyclic) bond motifs is 3. The lowest BCUT2D eigenvalue weighted by Gasteiger charge is -2.36. The molecule has 4 heterocycles. The molecule has 6 atom stereocenters. The molecule has 4 aliphatic heterocycles. The molecule has 1 spiro atoms. The summed E-state index contributed by atoms with van der Waals surface area (Å²) < 4.78 is 12.7. The van der Waals surface area contributed by atoms with Gasteiger partial charge in [-0.15, -0.1) is 0 Å². The summed E-state index contributed by atoms with van der Waals surface area (Å²) in [6, 6.07) is 22.0. The van der Waals surface area contributed by atoms with Crippen LogP contribution in [0.1, 0.15) is 50.2 Å². The zero-order valence-corrected chi connectivity index (χ0v) is 28.0. The minimum Gasteiger partial charge on any atom is -0.455 e. The number of nitrogens with zero attached hydrogens (tertiary/aromatic N) is 2. The summed E-state index contributed by atoms with van der Waals surface area (Å²) in [5.41, 5.74) is 0.0358. The van der Waals surface area contributed by atoms with Gasteiger partial charge in [-0.2, -0.15) is 0 Å². The van der Waals surface area contributed by atoms with Gasteiger partial charge in [-0.1, -0.05) is 97.8 Å². The summed E-state index contributed by atoms with van der Waals surface area (Å²) in [4.78, 5) is 60.0. The fraction of sp³-hybridized carbons (Fsp3) is 0.400. The van der Waals surface area contributed by atoms with E-state index in [0.29, 0.717) is 31.5 Å². The quantitative estimate of drug-likeness (QED) is 0.203. The van der Waals surface area contributed by atoms with E-state index < -0.39 is 41.7 Å². The molecule has 3 aromatic rings. The minimum atomic E-state index is -1.35. The lowest BCUT2D eigenvalue weighted by molar-refractivity contribution is -0.159. The molecule has 0 unspecified atom stereocenters. The molecule has 10 nitrogen and oxygen atoms in total. The fourth-order valence-electron chi connectivity index (χ4n) is 7.94. The topological polar surface area (TPSA) is 125 Å². The number of carbonyl (C=O) groups excluding carboxylic acids is 4. The van der Waals surface area contributed by atoms with Gasteiger partial charge in [0.15, 0.2) is 0 Å². The summed E-state index contributed by atoms with van der Waals surface area (Å²) >= 11 is 0. The maximum absolute atomic E-state index is 15.1. The molecule has 260 valence electrons. The van der Waals surface area contributed by atoms with Crippen LogP contribution in [0.3, 0.4) is 0 Å². The molecular formula is C40H43N3O7. The third-order valence-corrected chi connectivity index (χ3v) is 10.4. The standard InChI is InChI=1S/C40H43N3O7/c44-24-12-2-1-10-23-43-36-38(47)42(30-19-18-27-13-8-9-16-29(27)25-30)22-11-4-7-17-33(45)41-26-32(28-14-5-3-6-15-28)49-39(48)34-31-20-21-40(36,50-31)35(34)37(43)46/h3-6,8-9,11,13-16,18-21,25,31-32,34-36,44H,1-2,7,10,12,17,22-24,26H2,(H,41,45)/b11-4-/t31-,32-,34+,35+,36-,40+/m1/s1. The number of hydrogen-bond donors (Lipinski definition) is 2. The maximum atomic E-state index is 15.1. The number of unbranched alkanes of at least 4 members (excludes halogenated alkanes) is 3. The van der Waals surface area contributed by atoms with Gasteiger partial charge in [0.1, 0.15) is 23.7 Å². The summed E-state index contributed by atoms with van der Waals surface area (Å²) in [5.74, 6) is -3.32. The Hall–Kier alpha value is -4.80.